The summed E-state index contributed by atoms with van der Waals surface area (Å²) < 4.78 is 17.9. The van der Waals surface area contributed by atoms with Crippen LogP contribution in [0.2, 0.25) is 0 Å². The lowest BCUT2D eigenvalue weighted by molar-refractivity contribution is -0.121. The first-order valence-corrected chi connectivity index (χ1v) is 9.49. The fourth-order valence-corrected chi connectivity index (χ4v) is 3.51. The van der Waals surface area contributed by atoms with Crippen molar-refractivity contribution in [3.63, 3.8) is 0 Å². The highest BCUT2D eigenvalue weighted by atomic mass is 31.2. The van der Waals surface area contributed by atoms with Gasteiger partial charge in [-0.25, -0.2) is 0 Å². The number of carbonyl (C=O) groups is 1. The highest BCUT2D eigenvalue weighted by Crippen LogP contribution is 2.49. The van der Waals surface area contributed by atoms with Crippen LogP contribution in [0.1, 0.15) is 40.0 Å². The number of ether oxygens (including phenoxy) is 1. The minimum absolute atomic E-state index is 0.0315. The molecule has 21 heavy (non-hydrogen) atoms. The van der Waals surface area contributed by atoms with Crippen molar-refractivity contribution in [2.24, 2.45) is 5.73 Å². The summed E-state index contributed by atoms with van der Waals surface area (Å²) in [6.45, 7) is 6.77. The predicted molar refractivity (Wildman–Crippen MR) is 83.3 cm³/mol. The molecule has 122 valence electrons. The third kappa shape index (κ3) is 5.22. The average Bonchev–Trinajstić information content (AvgIpc) is 2.37. The van der Waals surface area contributed by atoms with Crippen LogP contribution in [-0.2, 0) is 14.1 Å². The van der Waals surface area contributed by atoms with E-state index in [0.717, 1.165) is 12.8 Å². The molecule has 4 N–H and O–H groups in total. The second-order valence-corrected chi connectivity index (χ2v) is 8.00. The summed E-state index contributed by atoms with van der Waals surface area (Å²) >= 11 is 0. The predicted octanol–water partition coefficient (Wildman–Crippen LogP) is 1.58. The topological polar surface area (TPSA) is 102 Å². The molecule has 1 rings (SSSR count). The number of hydrogen-bond donors (Lipinski definition) is 3. The molecule has 0 saturated carbocycles. The van der Waals surface area contributed by atoms with Gasteiger partial charge in [0.15, 0.2) is 0 Å². The van der Waals surface area contributed by atoms with Gasteiger partial charge in [-0.1, -0.05) is 13.8 Å². The number of hydrogen-bond acceptors (Lipinski definition) is 4. The molecule has 0 aliphatic heterocycles. The van der Waals surface area contributed by atoms with E-state index < -0.39 is 19.5 Å². The maximum Gasteiger partial charge on any atom is 0.222 e. The van der Waals surface area contributed by atoms with Gasteiger partial charge in [-0.2, -0.15) is 0 Å². The molecule has 1 amide bonds. The van der Waals surface area contributed by atoms with Crippen molar-refractivity contribution in [1.82, 2.24) is 5.32 Å². The highest BCUT2D eigenvalue weighted by Gasteiger charge is 2.37. The summed E-state index contributed by atoms with van der Waals surface area (Å²) in [6.07, 6.45) is 3.19. The Morgan fingerprint density at radius 1 is 1.57 bits per heavy atom. The largest absolute Gasteiger partial charge is 0.369 e. The Morgan fingerprint density at radius 2 is 2.14 bits per heavy atom. The van der Waals surface area contributed by atoms with Crippen molar-refractivity contribution < 1.29 is 19.0 Å². The summed E-state index contributed by atoms with van der Waals surface area (Å²) in [7, 11) is -3.35. The second-order valence-electron chi connectivity index (χ2n) is 5.67. The Kier molecular flexibility index (Phi) is 6.60. The molecular weight excluding hydrogens is 291 g/mol. The van der Waals surface area contributed by atoms with Gasteiger partial charge in [0.1, 0.15) is 0 Å². The molecule has 1 aliphatic rings. The Hall–Kier alpha value is -0.680. The first-order valence-electron chi connectivity index (χ1n) is 7.38. The van der Waals surface area contributed by atoms with E-state index in [1.165, 1.54) is 13.6 Å². The molecule has 0 spiro atoms. The summed E-state index contributed by atoms with van der Waals surface area (Å²) in [6, 6.07) is -0.813. The maximum atomic E-state index is 11.9. The van der Waals surface area contributed by atoms with Crippen LogP contribution in [0.3, 0.4) is 0 Å². The molecule has 7 heteroatoms. The molecule has 0 aromatic heterocycles. The fraction of sp³-hybridized carbons (Fsp3) is 0.786. The van der Waals surface area contributed by atoms with Crippen molar-refractivity contribution in [3.8, 4) is 0 Å². The Labute approximate surface area is 126 Å². The van der Waals surface area contributed by atoms with Crippen molar-refractivity contribution in [3.05, 3.63) is 11.4 Å². The fourth-order valence-electron chi connectivity index (χ4n) is 2.53. The van der Waals surface area contributed by atoms with Crippen molar-refractivity contribution in [1.29, 1.82) is 0 Å². The average molecular weight is 318 g/mol. The molecule has 0 fully saturated rings. The van der Waals surface area contributed by atoms with Crippen LogP contribution < -0.4 is 11.1 Å². The van der Waals surface area contributed by atoms with Crippen molar-refractivity contribution in [2.75, 3.05) is 6.66 Å². The molecule has 4 atom stereocenters. The second kappa shape index (κ2) is 7.54. The van der Waals surface area contributed by atoms with Gasteiger partial charge in [0.25, 0.3) is 0 Å². The molecule has 0 radical (unpaired) electrons. The van der Waals surface area contributed by atoms with Crippen LogP contribution in [0, 0.1) is 0 Å². The van der Waals surface area contributed by atoms with Crippen LogP contribution >= 0.6 is 7.37 Å². The standard InChI is InChI=1S/C14H27N2O4P/c1-5-10(6-2)20-13-8-11(21(4,18)19)7-12(15)14(13)16-9(3)17/h8,10,12-14H,5-7,15H2,1-4H3,(H,16,17)(H,18,19)/t12-,13+,14+/m0/s1. The first-order chi connectivity index (χ1) is 9.68. The summed E-state index contributed by atoms with van der Waals surface area (Å²) in [5, 5.41) is 3.23. The molecule has 0 aromatic carbocycles. The van der Waals surface area contributed by atoms with E-state index in [1.54, 1.807) is 6.08 Å². The zero-order valence-electron chi connectivity index (χ0n) is 13.2. The van der Waals surface area contributed by atoms with Gasteiger partial charge in [0.2, 0.25) is 13.3 Å². The summed E-state index contributed by atoms with van der Waals surface area (Å²) in [4.78, 5) is 21.1. The molecule has 0 bridgehead atoms. The van der Waals surface area contributed by atoms with Gasteiger partial charge in [-0.05, 0) is 25.3 Å². The number of nitrogens with two attached hydrogens (primary N) is 1. The van der Waals surface area contributed by atoms with Crippen molar-refractivity contribution >= 4 is 13.3 Å². The minimum atomic E-state index is -3.35. The van der Waals surface area contributed by atoms with E-state index in [-0.39, 0.29) is 24.5 Å². The third-order valence-corrected chi connectivity index (χ3v) is 5.18. The molecule has 0 saturated heterocycles. The Bertz CT molecular complexity index is 442. The van der Waals surface area contributed by atoms with E-state index in [1.807, 2.05) is 13.8 Å². The van der Waals surface area contributed by atoms with Gasteiger partial charge in [-0.15, -0.1) is 0 Å². The van der Waals surface area contributed by atoms with Gasteiger partial charge >= 0.3 is 0 Å². The van der Waals surface area contributed by atoms with Crippen LogP contribution in [-0.4, -0.2) is 41.8 Å². The molecule has 0 heterocycles. The third-order valence-electron chi connectivity index (χ3n) is 3.78. The SMILES string of the molecule is CCC(CC)O[C@@H]1C=C(P(C)(=O)O)C[C@H](N)[C@H]1NC(C)=O. The maximum absolute atomic E-state index is 11.9. The lowest BCUT2D eigenvalue weighted by atomic mass is 9.93. The quantitative estimate of drug-likeness (QED) is 0.645. The molecule has 6 nitrogen and oxygen atoms in total. The lowest BCUT2D eigenvalue weighted by Crippen LogP contribution is -2.56. The molecule has 0 aromatic rings. The summed E-state index contributed by atoms with van der Waals surface area (Å²) in [5.41, 5.74) is 6.10. The van der Waals surface area contributed by atoms with E-state index >= 15 is 0 Å². The van der Waals surface area contributed by atoms with Crippen LogP contribution in [0.4, 0.5) is 0 Å². The zero-order valence-corrected chi connectivity index (χ0v) is 14.1. The van der Waals surface area contributed by atoms with Crippen molar-refractivity contribution in [2.45, 2.75) is 64.3 Å². The van der Waals surface area contributed by atoms with E-state index in [0.29, 0.717) is 5.31 Å². The number of nitrogens with one attached hydrogen (secondary N) is 1. The normalized spacial score (nSPS) is 28.9. The number of rotatable bonds is 6. The molecular formula is C14H27N2O4P. The smallest absolute Gasteiger partial charge is 0.222 e. The van der Waals surface area contributed by atoms with Gasteiger partial charge < -0.3 is 20.7 Å². The zero-order chi connectivity index (χ0) is 16.2. The number of amides is 1. The monoisotopic (exact) mass is 318 g/mol. The minimum Gasteiger partial charge on any atom is -0.369 e. The van der Waals surface area contributed by atoms with E-state index in [9.17, 15) is 14.3 Å². The summed E-state index contributed by atoms with van der Waals surface area (Å²) in [5.74, 6) is -0.186. The van der Waals surface area contributed by atoms with Gasteiger partial charge in [-0.3, -0.25) is 9.36 Å². The van der Waals surface area contributed by atoms with Crippen LogP contribution in [0.25, 0.3) is 0 Å². The van der Waals surface area contributed by atoms with Gasteiger partial charge in [0.05, 0.1) is 18.2 Å². The highest BCUT2D eigenvalue weighted by molar-refractivity contribution is 7.61. The van der Waals surface area contributed by atoms with Gasteiger partial charge in [0, 0.05) is 24.9 Å². The van der Waals surface area contributed by atoms with E-state index in [2.05, 4.69) is 5.32 Å². The molecule has 1 unspecified atom stereocenters. The Balaban J connectivity index is 3.05. The first kappa shape index (κ1) is 18.4. The van der Waals surface area contributed by atoms with Crippen LogP contribution in [0.5, 0.6) is 0 Å². The van der Waals surface area contributed by atoms with E-state index in [4.69, 9.17) is 10.5 Å². The Morgan fingerprint density at radius 3 is 2.57 bits per heavy atom. The lowest BCUT2D eigenvalue weighted by Gasteiger charge is -2.37. The van der Waals surface area contributed by atoms with Crippen LogP contribution in [0.15, 0.2) is 11.4 Å². The number of carbonyl (C=O) groups excluding carboxylic acids is 1. The molecule has 1 aliphatic carbocycles.